The zero-order valence-electron chi connectivity index (χ0n) is 19.0. The molecule has 6 nitrogen and oxygen atoms in total. The number of aromatic amines is 1. The molecule has 1 aliphatic rings. The number of fused-ring (bicyclic) bond motifs is 1. The number of aromatic nitrogens is 4. The molecule has 1 aliphatic carbocycles. The molecule has 2 aromatic carbocycles. The van der Waals surface area contributed by atoms with Gasteiger partial charge in [-0.05, 0) is 49.9 Å². The van der Waals surface area contributed by atoms with Gasteiger partial charge in [0.25, 0.3) is 0 Å². The number of rotatable bonds is 6. The van der Waals surface area contributed by atoms with Crippen molar-refractivity contribution >= 4 is 11.0 Å². The van der Waals surface area contributed by atoms with E-state index in [9.17, 15) is 4.79 Å². The Labute approximate surface area is 187 Å². The summed E-state index contributed by atoms with van der Waals surface area (Å²) in [6.07, 6.45) is 7.30. The molecular formula is C26H30N4O2. The van der Waals surface area contributed by atoms with Crippen LogP contribution in [-0.4, -0.2) is 32.8 Å². The summed E-state index contributed by atoms with van der Waals surface area (Å²) < 4.78 is 9.06. The molecule has 1 N–H and O–H groups in total. The quantitative estimate of drug-likeness (QED) is 0.468. The van der Waals surface area contributed by atoms with E-state index >= 15 is 0 Å². The van der Waals surface area contributed by atoms with Gasteiger partial charge in [0.1, 0.15) is 5.82 Å². The highest BCUT2D eigenvalue weighted by molar-refractivity contribution is 5.82. The highest BCUT2D eigenvalue weighted by Crippen LogP contribution is 2.33. The smallest absolute Gasteiger partial charge is 0.329 e. The van der Waals surface area contributed by atoms with E-state index < -0.39 is 0 Å². The fourth-order valence-corrected chi connectivity index (χ4v) is 4.99. The maximum absolute atomic E-state index is 13.0. The molecule has 1 saturated carbocycles. The molecule has 2 aromatic heterocycles. The van der Waals surface area contributed by atoms with E-state index in [1.54, 1.807) is 11.7 Å². The van der Waals surface area contributed by atoms with Crippen molar-refractivity contribution in [2.45, 2.75) is 45.1 Å². The first kappa shape index (κ1) is 20.8. The van der Waals surface area contributed by atoms with Crippen LogP contribution in [0.5, 0.6) is 0 Å². The second-order valence-corrected chi connectivity index (χ2v) is 8.90. The zero-order chi connectivity index (χ0) is 22.2. The summed E-state index contributed by atoms with van der Waals surface area (Å²) in [7, 11) is 3.59. The predicted molar refractivity (Wildman–Crippen MR) is 128 cm³/mol. The number of hydrogen-bond acceptors (Lipinski definition) is 3. The van der Waals surface area contributed by atoms with E-state index in [1.807, 2.05) is 17.8 Å². The molecule has 6 heteroatoms. The number of ether oxygens (including phenoxy) is 1. The number of imidazole rings is 2. The lowest BCUT2D eigenvalue weighted by Crippen LogP contribution is -2.24. The van der Waals surface area contributed by atoms with Crippen LogP contribution in [0.25, 0.3) is 33.7 Å². The second kappa shape index (κ2) is 8.43. The van der Waals surface area contributed by atoms with Crippen molar-refractivity contribution in [2.24, 2.45) is 7.05 Å². The Bertz CT molecular complexity index is 1320. The lowest BCUT2D eigenvalue weighted by molar-refractivity contribution is 0.202. The SMILES string of the molecule is COCCc1ccc(C)cc1-c1ncc(-c2ccc3c(c2)n(C)c(=O)n3C2CCCC2)[nH]1. The molecule has 4 aromatic rings. The first-order valence-corrected chi connectivity index (χ1v) is 11.4. The van der Waals surface area contributed by atoms with E-state index in [-0.39, 0.29) is 5.69 Å². The summed E-state index contributed by atoms with van der Waals surface area (Å²) in [6.45, 7) is 2.77. The average Bonchev–Trinajstić information content (AvgIpc) is 3.54. The summed E-state index contributed by atoms with van der Waals surface area (Å²) in [5.41, 5.74) is 7.56. The van der Waals surface area contributed by atoms with Crippen LogP contribution in [0.1, 0.15) is 42.9 Å². The maximum Gasteiger partial charge on any atom is 0.329 e. The highest BCUT2D eigenvalue weighted by atomic mass is 16.5. The van der Waals surface area contributed by atoms with Crippen LogP contribution in [-0.2, 0) is 18.2 Å². The molecule has 0 aliphatic heterocycles. The number of H-pyrrole nitrogens is 1. The van der Waals surface area contributed by atoms with E-state index in [2.05, 4.69) is 48.3 Å². The molecule has 0 bridgehead atoms. The Hall–Kier alpha value is -3.12. The first-order valence-electron chi connectivity index (χ1n) is 11.4. The largest absolute Gasteiger partial charge is 0.384 e. The van der Waals surface area contributed by atoms with Crippen molar-refractivity contribution in [1.82, 2.24) is 19.1 Å². The minimum atomic E-state index is 0.0805. The normalized spacial score (nSPS) is 14.6. The molecule has 5 rings (SSSR count). The number of methoxy groups -OCH3 is 1. The van der Waals surface area contributed by atoms with Gasteiger partial charge in [0.15, 0.2) is 0 Å². The van der Waals surface area contributed by atoms with Crippen LogP contribution < -0.4 is 5.69 Å². The van der Waals surface area contributed by atoms with Crippen LogP contribution in [0.2, 0.25) is 0 Å². The Morgan fingerprint density at radius 1 is 1.12 bits per heavy atom. The van der Waals surface area contributed by atoms with Crippen molar-refractivity contribution < 1.29 is 4.74 Å². The lowest BCUT2D eigenvalue weighted by atomic mass is 10.0. The van der Waals surface area contributed by atoms with E-state index in [0.29, 0.717) is 12.6 Å². The standard InChI is InChI=1S/C26H30N4O2/c1-17-8-9-18(12-13-32-3)21(14-17)25-27-16-22(28-25)19-10-11-23-24(15-19)29(2)26(31)30(23)20-6-4-5-7-20/h8-11,14-16,20H,4-7,12-13H2,1-3H3,(H,27,28). The van der Waals surface area contributed by atoms with Gasteiger partial charge in [-0.2, -0.15) is 0 Å². The number of aryl methyl sites for hydroxylation is 2. The van der Waals surface area contributed by atoms with Crippen molar-refractivity contribution in [3.05, 3.63) is 64.2 Å². The first-order chi connectivity index (χ1) is 15.6. The van der Waals surface area contributed by atoms with Gasteiger partial charge in [0, 0.05) is 31.3 Å². The maximum atomic E-state index is 13.0. The Kier molecular flexibility index (Phi) is 5.47. The zero-order valence-corrected chi connectivity index (χ0v) is 19.0. The highest BCUT2D eigenvalue weighted by Gasteiger charge is 2.23. The second-order valence-electron chi connectivity index (χ2n) is 8.90. The molecule has 32 heavy (non-hydrogen) atoms. The Morgan fingerprint density at radius 3 is 2.72 bits per heavy atom. The van der Waals surface area contributed by atoms with Crippen LogP contribution >= 0.6 is 0 Å². The molecule has 0 saturated heterocycles. The van der Waals surface area contributed by atoms with Crippen molar-refractivity contribution in [3.63, 3.8) is 0 Å². The van der Waals surface area contributed by atoms with Gasteiger partial charge < -0.3 is 9.72 Å². The topological polar surface area (TPSA) is 64.8 Å². The van der Waals surface area contributed by atoms with Crippen molar-refractivity contribution in [3.8, 4) is 22.6 Å². The monoisotopic (exact) mass is 430 g/mol. The molecular weight excluding hydrogens is 400 g/mol. The molecule has 0 amide bonds. The summed E-state index contributed by atoms with van der Waals surface area (Å²) in [5.74, 6) is 0.854. The van der Waals surface area contributed by atoms with Gasteiger partial charge in [-0.3, -0.25) is 9.13 Å². The van der Waals surface area contributed by atoms with Crippen LogP contribution in [0.3, 0.4) is 0 Å². The molecule has 0 radical (unpaired) electrons. The molecule has 2 heterocycles. The number of benzene rings is 2. The molecule has 0 unspecified atom stereocenters. The molecule has 1 fully saturated rings. The molecule has 166 valence electrons. The van der Waals surface area contributed by atoms with Gasteiger partial charge in [0.05, 0.1) is 29.5 Å². The van der Waals surface area contributed by atoms with E-state index in [1.165, 1.54) is 24.0 Å². The van der Waals surface area contributed by atoms with Crippen molar-refractivity contribution in [2.75, 3.05) is 13.7 Å². The fraction of sp³-hybridized carbons (Fsp3) is 0.385. The Morgan fingerprint density at radius 2 is 1.94 bits per heavy atom. The van der Waals surface area contributed by atoms with Crippen LogP contribution in [0.4, 0.5) is 0 Å². The number of nitrogens with one attached hydrogen (secondary N) is 1. The van der Waals surface area contributed by atoms with Gasteiger partial charge in [-0.1, -0.05) is 36.6 Å². The van der Waals surface area contributed by atoms with Crippen LogP contribution in [0.15, 0.2) is 47.4 Å². The average molecular weight is 431 g/mol. The van der Waals surface area contributed by atoms with E-state index in [0.717, 1.165) is 52.9 Å². The fourth-order valence-electron chi connectivity index (χ4n) is 4.99. The summed E-state index contributed by atoms with van der Waals surface area (Å²) >= 11 is 0. The van der Waals surface area contributed by atoms with Crippen molar-refractivity contribution in [1.29, 1.82) is 0 Å². The third-order valence-corrected chi connectivity index (χ3v) is 6.76. The van der Waals surface area contributed by atoms with E-state index in [4.69, 9.17) is 9.72 Å². The van der Waals surface area contributed by atoms with Gasteiger partial charge >= 0.3 is 5.69 Å². The summed E-state index contributed by atoms with van der Waals surface area (Å²) in [4.78, 5) is 21.2. The minimum Gasteiger partial charge on any atom is -0.384 e. The number of hydrogen-bond donors (Lipinski definition) is 1. The third kappa shape index (κ3) is 3.58. The third-order valence-electron chi connectivity index (χ3n) is 6.76. The minimum absolute atomic E-state index is 0.0805. The van der Waals surface area contributed by atoms with Gasteiger partial charge in [-0.15, -0.1) is 0 Å². The summed E-state index contributed by atoms with van der Waals surface area (Å²) in [5, 5.41) is 0. The summed E-state index contributed by atoms with van der Waals surface area (Å²) in [6, 6.07) is 13.0. The van der Waals surface area contributed by atoms with Gasteiger partial charge in [-0.25, -0.2) is 9.78 Å². The van der Waals surface area contributed by atoms with Gasteiger partial charge in [0.2, 0.25) is 0 Å². The predicted octanol–water partition coefficient (Wildman–Crippen LogP) is 5.01. The Balaban J connectivity index is 1.54. The lowest BCUT2D eigenvalue weighted by Gasteiger charge is -2.11. The number of nitrogens with zero attached hydrogens (tertiary/aromatic N) is 3. The molecule has 0 spiro atoms. The van der Waals surface area contributed by atoms with Crippen LogP contribution in [0, 0.1) is 6.92 Å². The molecule has 0 atom stereocenters.